The molecule has 6 heteroatoms. The first-order valence-electron chi connectivity index (χ1n) is 3.68. The van der Waals surface area contributed by atoms with Crippen molar-refractivity contribution in [1.29, 1.82) is 0 Å². The van der Waals surface area contributed by atoms with E-state index in [2.05, 4.69) is 5.32 Å². The van der Waals surface area contributed by atoms with Gasteiger partial charge in [-0.15, -0.1) is 0 Å². The summed E-state index contributed by atoms with van der Waals surface area (Å²) in [5, 5.41) is 2.07. The smallest absolute Gasteiger partial charge is 0.277 e. The van der Waals surface area contributed by atoms with Crippen LogP contribution in [0.3, 0.4) is 0 Å². The number of amides is 4. The van der Waals surface area contributed by atoms with Crippen LogP contribution in [0.5, 0.6) is 0 Å². The first-order valence-corrected chi connectivity index (χ1v) is 3.68. The van der Waals surface area contributed by atoms with Crippen LogP contribution in [-0.4, -0.2) is 58.3 Å². The fraction of sp³-hybridized carbons (Fsp3) is 0.571. The number of hydrogen-bond donors (Lipinski definition) is 1. The number of rotatable bonds is 1. The van der Waals surface area contributed by atoms with E-state index in [1.54, 1.807) is 13.8 Å². The van der Waals surface area contributed by atoms with Crippen LogP contribution in [0.4, 0.5) is 4.79 Å². The second kappa shape index (κ2) is 4.74. The second-order valence-corrected chi connectivity index (χ2v) is 2.89. The van der Waals surface area contributed by atoms with E-state index in [9.17, 15) is 14.4 Å². The number of nitrogens with zero attached hydrogens (tertiary/aromatic N) is 1. The van der Waals surface area contributed by atoms with Gasteiger partial charge in [-0.25, -0.2) is 4.79 Å². The van der Waals surface area contributed by atoms with E-state index >= 15 is 0 Å². The van der Waals surface area contributed by atoms with Crippen molar-refractivity contribution >= 4 is 47.4 Å². The van der Waals surface area contributed by atoms with Gasteiger partial charge in [0.05, 0.1) is 0 Å². The summed E-state index contributed by atoms with van der Waals surface area (Å²) >= 11 is 0. The Hall–Kier alpha value is -0.390. The third-order valence-electron chi connectivity index (χ3n) is 1.56. The molecule has 0 saturated carbocycles. The van der Waals surface area contributed by atoms with Crippen LogP contribution in [0.2, 0.25) is 0 Å². The quantitative estimate of drug-likeness (QED) is 0.450. The van der Waals surface area contributed by atoms with E-state index < -0.39 is 17.8 Å². The average Bonchev–Trinajstić information content (AvgIpc) is 1.82. The summed E-state index contributed by atoms with van der Waals surface area (Å²) in [5.74, 6) is -0.958. The van der Waals surface area contributed by atoms with Gasteiger partial charge in [-0.05, 0) is 13.8 Å². The minimum Gasteiger partial charge on any atom is -0.277 e. The number of imide groups is 2. The molecule has 0 spiro atoms. The molecule has 0 atom stereocenters. The summed E-state index contributed by atoms with van der Waals surface area (Å²) in [6, 6.07) is -0.822. The van der Waals surface area contributed by atoms with Gasteiger partial charge in [0.2, 0.25) is 11.8 Å². The van der Waals surface area contributed by atoms with Gasteiger partial charge in [-0.3, -0.25) is 19.8 Å². The van der Waals surface area contributed by atoms with Gasteiger partial charge < -0.3 is 0 Å². The maximum absolute atomic E-state index is 11.1. The summed E-state index contributed by atoms with van der Waals surface area (Å²) in [5.41, 5.74) is 0. The van der Waals surface area contributed by atoms with Gasteiger partial charge in [-0.2, -0.15) is 0 Å². The van der Waals surface area contributed by atoms with Gasteiger partial charge in [0.1, 0.15) is 6.42 Å². The zero-order chi connectivity index (χ0) is 9.30. The summed E-state index contributed by atoms with van der Waals surface area (Å²) in [7, 11) is 0. The Labute approximate surface area is 98.1 Å². The maximum Gasteiger partial charge on any atom is 0.330 e. The number of carbonyl (C=O) groups excluding carboxylic acids is 3. The molecule has 1 heterocycles. The normalized spacial score (nSPS) is 17.2. The van der Waals surface area contributed by atoms with Gasteiger partial charge >= 0.3 is 6.03 Å². The molecule has 5 nitrogen and oxygen atoms in total. The third-order valence-corrected chi connectivity index (χ3v) is 1.56. The molecule has 1 aliphatic heterocycles. The predicted molar refractivity (Wildman–Crippen MR) is 45.9 cm³/mol. The first-order chi connectivity index (χ1) is 5.52. The monoisotopic (exact) mass is 193 g/mol. The topological polar surface area (TPSA) is 66.5 Å². The predicted octanol–water partition coefficient (Wildman–Crippen LogP) is -0.518. The van der Waals surface area contributed by atoms with E-state index in [1.165, 1.54) is 0 Å². The molecule has 0 aromatic carbocycles. The van der Waals surface area contributed by atoms with Crippen molar-refractivity contribution in [2.24, 2.45) is 0 Å². The molecule has 1 saturated heterocycles. The molecule has 0 aromatic heterocycles. The Morgan fingerprint density at radius 2 is 1.85 bits per heavy atom. The minimum absolute atomic E-state index is 0. The van der Waals surface area contributed by atoms with Crippen LogP contribution in [0, 0.1) is 0 Å². The number of nitrogens with one attached hydrogen (secondary N) is 1. The number of urea groups is 1. The van der Waals surface area contributed by atoms with Crippen molar-refractivity contribution in [2.45, 2.75) is 26.3 Å². The fourth-order valence-corrected chi connectivity index (χ4v) is 1.08. The van der Waals surface area contributed by atoms with E-state index in [-0.39, 0.29) is 42.0 Å². The molecule has 1 rings (SSSR count). The molecule has 0 aliphatic carbocycles. The van der Waals surface area contributed by atoms with Crippen LogP contribution in [-0.2, 0) is 9.59 Å². The second-order valence-electron chi connectivity index (χ2n) is 2.89. The van der Waals surface area contributed by atoms with Crippen molar-refractivity contribution in [3.63, 3.8) is 0 Å². The molecule has 4 amide bonds. The molecule has 1 fully saturated rings. The van der Waals surface area contributed by atoms with Crippen LogP contribution in [0.15, 0.2) is 0 Å². The van der Waals surface area contributed by atoms with Crippen LogP contribution < -0.4 is 5.32 Å². The van der Waals surface area contributed by atoms with Crippen molar-refractivity contribution in [1.82, 2.24) is 10.2 Å². The largest absolute Gasteiger partial charge is 0.330 e. The zero-order valence-corrected chi connectivity index (χ0v) is 9.96. The Bertz CT molecular complexity index is 232. The molecule has 13 heavy (non-hydrogen) atoms. The zero-order valence-electron chi connectivity index (χ0n) is 7.96. The van der Waals surface area contributed by atoms with Crippen LogP contribution in [0.1, 0.15) is 20.3 Å². The van der Waals surface area contributed by atoms with Crippen LogP contribution >= 0.6 is 0 Å². The molecule has 0 bridgehead atoms. The number of hydrogen-bond acceptors (Lipinski definition) is 3. The SMILES string of the molecule is CC(C)N1C(=O)CC(=O)NC1=O.[Na]. The molecular formula is C7H10N2NaO3. The Morgan fingerprint density at radius 3 is 2.23 bits per heavy atom. The van der Waals surface area contributed by atoms with E-state index in [4.69, 9.17) is 0 Å². The number of barbiturate groups is 1. The molecule has 1 aliphatic rings. The summed E-state index contributed by atoms with van der Waals surface area (Å²) in [6.45, 7) is 3.43. The van der Waals surface area contributed by atoms with Crippen molar-refractivity contribution < 1.29 is 14.4 Å². The molecule has 67 valence electrons. The summed E-state index contributed by atoms with van der Waals surface area (Å²) < 4.78 is 0. The molecule has 1 N–H and O–H groups in total. The Balaban J connectivity index is 0.00000144. The van der Waals surface area contributed by atoms with Gasteiger partial charge in [0.25, 0.3) is 0 Å². The summed E-state index contributed by atoms with van der Waals surface area (Å²) in [6.07, 6.45) is -0.232. The Morgan fingerprint density at radius 1 is 1.31 bits per heavy atom. The fourth-order valence-electron chi connectivity index (χ4n) is 1.08. The first kappa shape index (κ1) is 12.6. The maximum atomic E-state index is 11.1. The standard InChI is InChI=1S/C7H10N2O3.Na/c1-4(2)9-6(11)3-5(10)8-7(9)12;/h4H,3H2,1-2H3,(H,8,10,12);. The molecule has 0 aromatic rings. The summed E-state index contributed by atoms with van der Waals surface area (Å²) in [4.78, 5) is 33.8. The van der Waals surface area contributed by atoms with Crippen LogP contribution in [0.25, 0.3) is 0 Å². The van der Waals surface area contributed by atoms with Crippen molar-refractivity contribution in [2.75, 3.05) is 0 Å². The number of carbonyl (C=O) groups is 3. The molecule has 1 radical (unpaired) electrons. The van der Waals surface area contributed by atoms with Gasteiger partial charge in [0, 0.05) is 35.6 Å². The minimum atomic E-state index is -0.619. The molecule has 0 unspecified atom stereocenters. The van der Waals surface area contributed by atoms with Crippen molar-refractivity contribution in [3.05, 3.63) is 0 Å². The van der Waals surface area contributed by atoms with Gasteiger partial charge in [-0.1, -0.05) is 0 Å². The van der Waals surface area contributed by atoms with Gasteiger partial charge in [0.15, 0.2) is 0 Å². The van der Waals surface area contributed by atoms with Crippen molar-refractivity contribution in [3.8, 4) is 0 Å². The Kier molecular flexibility index (Phi) is 4.60. The molecular weight excluding hydrogens is 183 g/mol. The van der Waals surface area contributed by atoms with E-state index in [0.29, 0.717) is 0 Å². The van der Waals surface area contributed by atoms with E-state index in [1.807, 2.05) is 0 Å². The third kappa shape index (κ3) is 2.79. The van der Waals surface area contributed by atoms with E-state index in [0.717, 1.165) is 4.90 Å². The average molecular weight is 193 g/mol.